The van der Waals surface area contributed by atoms with Gasteiger partial charge in [-0.05, 0) is 47.2 Å². The summed E-state index contributed by atoms with van der Waals surface area (Å²) < 4.78 is 7.25. The van der Waals surface area contributed by atoms with Crippen LogP contribution in [-0.2, 0) is 6.54 Å². The van der Waals surface area contributed by atoms with Crippen LogP contribution in [0.2, 0.25) is 0 Å². The number of nitrogens with one attached hydrogen (secondary N) is 1. The van der Waals surface area contributed by atoms with Crippen LogP contribution in [0, 0.1) is 10.1 Å². The fraction of sp³-hybridized carbons (Fsp3) is 0.143. The van der Waals surface area contributed by atoms with E-state index in [2.05, 4.69) is 37.2 Å². The largest absolute Gasteiger partial charge is 0.449 e. The van der Waals surface area contributed by atoms with Crippen molar-refractivity contribution < 1.29 is 9.66 Å². The van der Waals surface area contributed by atoms with Crippen molar-refractivity contribution in [2.45, 2.75) is 6.54 Å². The summed E-state index contributed by atoms with van der Waals surface area (Å²) in [6.07, 6.45) is 0. The van der Waals surface area contributed by atoms with E-state index >= 15 is 0 Å². The molecule has 0 spiro atoms. The molecule has 0 aliphatic carbocycles. The molecule has 2 rings (SSSR count). The predicted molar refractivity (Wildman–Crippen MR) is 87.8 cm³/mol. The number of ether oxygens (including phenoxy) is 1. The SMILES string of the molecule is CNCc1cc(Br)ccc1Oc1c(Br)cccc1[N+](=O)[O-]. The van der Waals surface area contributed by atoms with Crippen LogP contribution in [-0.4, -0.2) is 12.0 Å². The van der Waals surface area contributed by atoms with Crippen molar-refractivity contribution in [1.29, 1.82) is 0 Å². The van der Waals surface area contributed by atoms with Crippen molar-refractivity contribution in [2.75, 3.05) is 7.05 Å². The normalized spacial score (nSPS) is 10.4. The quantitative estimate of drug-likeness (QED) is 0.571. The molecule has 0 atom stereocenters. The molecule has 0 aliphatic rings. The highest BCUT2D eigenvalue weighted by molar-refractivity contribution is 9.10. The van der Waals surface area contributed by atoms with Gasteiger partial charge in [-0.15, -0.1) is 0 Å². The summed E-state index contributed by atoms with van der Waals surface area (Å²) in [4.78, 5) is 10.7. The van der Waals surface area contributed by atoms with E-state index < -0.39 is 4.92 Å². The number of halogens is 2. The van der Waals surface area contributed by atoms with Gasteiger partial charge >= 0.3 is 5.69 Å². The highest BCUT2D eigenvalue weighted by Gasteiger charge is 2.19. The van der Waals surface area contributed by atoms with E-state index in [1.807, 2.05) is 19.2 Å². The van der Waals surface area contributed by atoms with Crippen LogP contribution in [0.1, 0.15) is 5.56 Å². The third kappa shape index (κ3) is 3.81. The minimum atomic E-state index is -0.462. The fourth-order valence-electron chi connectivity index (χ4n) is 1.83. The Hall–Kier alpha value is -1.44. The lowest BCUT2D eigenvalue weighted by Gasteiger charge is -2.12. The highest BCUT2D eigenvalue weighted by atomic mass is 79.9. The van der Waals surface area contributed by atoms with E-state index in [-0.39, 0.29) is 11.4 Å². The molecule has 2 aromatic rings. The molecule has 0 bridgehead atoms. The molecule has 21 heavy (non-hydrogen) atoms. The first-order valence-electron chi connectivity index (χ1n) is 6.06. The second kappa shape index (κ2) is 7.02. The molecular weight excluding hydrogens is 404 g/mol. The first kappa shape index (κ1) is 15.9. The van der Waals surface area contributed by atoms with Gasteiger partial charge in [-0.3, -0.25) is 10.1 Å². The van der Waals surface area contributed by atoms with Gasteiger partial charge in [-0.1, -0.05) is 22.0 Å². The Morgan fingerprint density at radius 1 is 1.29 bits per heavy atom. The van der Waals surface area contributed by atoms with E-state index in [0.717, 1.165) is 10.0 Å². The van der Waals surface area contributed by atoms with Gasteiger partial charge in [0.25, 0.3) is 0 Å². The van der Waals surface area contributed by atoms with Crippen LogP contribution in [0.3, 0.4) is 0 Å². The van der Waals surface area contributed by atoms with Gasteiger partial charge in [0.2, 0.25) is 5.75 Å². The summed E-state index contributed by atoms with van der Waals surface area (Å²) in [5.74, 6) is 0.768. The molecule has 0 unspecified atom stereocenters. The monoisotopic (exact) mass is 414 g/mol. The van der Waals surface area contributed by atoms with E-state index in [1.165, 1.54) is 6.07 Å². The zero-order valence-electron chi connectivity index (χ0n) is 11.1. The van der Waals surface area contributed by atoms with Gasteiger partial charge in [0.15, 0.2) is 0 Å². The van der Waals surface area contributed by atoms with Crippen molar-refractivity contribution >= 4 is 37.5 Å². The zero-order chi connectivity index (χ0) is 15.4. The van der Waals surface area contributed by atoms with Crippen molar-refractivity contribution in [3.05, 3.63) is 61.0 Å². The highest BCUT2D eigenvalue weighted by Crippen LogP contribution is 2.39. The first-order chi connectivity index (χ1) is 10.0. The van der Waals surface area contributed by atoms with Gasteiger partial charge < -0.3 is 10.1 Å². The molecule has 0 fully saturated rings. The smallest absolute Gasteiger partial charge is 0.312 e. The van der Waals surface area contributed by atoms with E-state index in [9.17, 15) is 10.1 Å². The average molecular weight is 416 g/mol. The topological polar surface area (TPSA) is 64.4 Å². The molecular formula is C14H12Br2N2O3. The van der Waals surface area contributed by atoms with Crippen LogP contribution in [0.25, 0.3) is 0 Å². The van der Waals surface area contributed by atoms with Crippen LogP contribution >= 0.6 is 31.9 Å². The van der Waals surface area contributed by atoms with Gasteiger partial charge in [-0.25, -0.2) is 0 Å². The number of nitrogens with zero attached hydrogens (tertiary/aromatic N) is 1. The molecule has 0 saturated carbocycles. The molecule has 7 heteroatoms. The fourth-order valence-corrected chi connectivity index (χ4v) is 2.67. The number of hydrogen-bond donors (Lipinski definition) is 1. The van der Waals surface area contributed by atoms with Crippen LogP contribution in [0.5, 0.6) is 11.5 Å². The molecule has 2 aromatic carbocycles. The number of hydrogen-bond acceptors (Lipinski definition) is 4. The van der Waals surface area contributed by atoms with Gasteiger partial charge in [-0.2, -0.15) is 0 Å². The molecule has 1 N–H and O–H groups in total. The molecule has 110 valence electrons. The third-order valence-corrected chi connectivity index (χ3v) is 3.86. The van der Waals surface area contributed by atoms with Gasteiger partial charge in [0, 0.05) is 22.6 Å². The maximum absolute atomic E-state index is 11.1. The summed E-state index contributed by atoms with van der Waals surface area (Å²) in [6.45, 7) is 0.590. The lowest BCUT2D eigenvalue weighted by Crippen LogP contribution is -2.06. The molecule has 0 amide bonds. The zero-order valence-corrected chi connectivity index (χ0v) is 14.3. The molecule has 5 nitrogen and oxygen atoms in total. The molecule has 0 saturated heterocycles. The molecule has 0 radical (unpaired) electrons. The number of rotatable bonds is 5. The summed E-state index contributed by atoms with van der Waals surface area (Å²) in [6, 6.07) is 10.2. The maximum Gasteiger partial charge on any atom is 0.312 e. The minimum Gasteiger partial charge on any atom is -0.449 e. The Balaban J connectivity index is 2.45. The predicted octanol–water partition coefficient (Wildman–Crippen LogP) is 4.63. The van der Waals surface area contributed by atoms with Crippen molar-refractivity contribution in [3.8, 4) is 11.5 Å². The molecule has 0 aliphatic heterocycles. The van der Waals surface area contributed by atoms with Crippen molar-refractivity contribution in [2.24, 2.45) is 0 Å². The van der Waals surface area contributed by atoms with Crippen LogP contribution in [0.15, 0.2) is 45.3 Å². The second-order valence-electron chi connectivity index (χ2n) is 4.23. The number of benzene rings is 2. The van der Waals surface area contributed by atoms with E-state index in [4.69, 9.17) is 4.74 Å². The van der Waals surface area contributed by atoms with E-state index in [0.29, 0.717) is 16.8 Å². The van der Waals surface area contributed by atoms with Gasteiger partial charge in [0.1, 0.15) is 5.75 Å². The average Bonchev–Trinajstić information content (AvgIpc) is 2.43. The van der Waals surface area contributed by atoms with Crippen molar-refractivity contribution in [3.63, 3.8) is 0 Å². The lowest BCUT2D eigenvalue weighted by molar-refractivity contribution is -0.385. The summed E-state index contributed by atoms with van der Waals surface area (Å²) in [5.41, 5.74) is 0.819. The summed E-state index contributed by atoms with van der Waals surface area (Å²) >= 11 is 6.70. The second-order valence-corrected chi connectivity index (χ2v) is 6.00. The number of nitro benzene ring substituents is 1. The standard InChI is InChI=1S/C14H12Br2N2O3/c1-17-8-9-7-10(15)5-6-13(9)21-14-11(16)3-2-4-12(14)18(19)20/h2-7,17H,8H2,1H3. The van der Waals surface area contributed by atoms with Gasteiger partial charge in [0.05, 0.1) is 9.40 Å². The minimum absolute atomic E-state index is 0.0808. The van der Waals surface area contributed by atoms with Crippen LogP contribution < -0.4 is 10.1 Å². The van der Waals surface area contributed by atoms with Crippen LogP contribution in [0.4, 0.5) is 5.69 Å². The first-order valence-corrected chi connectivity index (χ1v) is 7.65. The lowest BCUT2D eigenvalue weighted by atomic mass is 10.2. The number of nitro groups is 1. The Labute approximate surface area is 138 Å². The Kier molecular flexibility index (Phi) is 5.33. The Morgan fingerprint density at radius 2 is 2.05 bits per heavy atom. The summed E-state index contributed by atoms with van der Waals surface area (Å²) in [7, 11) is 1.82. The Bertz CT molecular complexity index is 677. The summed E-state index contributed by atoms with van der Waals surface area (Å²) in [5, 5.41) is 14.2. The van der Waals surface area contributed by atoms with E-state index in [1.54, 1.807) is 18.2 Å². The van der Waals surface area contributed by atoms with Crippen molar-refractivity contribution in [1.82, 2.24) is 5.32 Å². The molecule has 0 aromatic heterocycles. The molecule has 0 heterocycles. The maximum atomic E-state index is 11.1. The Morgan fingerprint density at radius 3 is 2.71 bits per heavy atom. The third-order valence-electron chi connectivity index (χ3n) is 2.74. The number of para-hydroxylation sites is 1.